The number of carbonyl (C=O) groups is 1. The maximum Gasteiger partial charge on any atom is 0.328 e. The highest BCUT2D eigenvalue weighted by Crippen LogP contribution is 2.19. The first-order valence-corrected chi connectivity index (χ1v) is 6.02. The van der Waals surface area contributed by atoms with Crippen LogP contribution < -0.4 is 5.32 Å². The molecule has 1 unspecified atom stereocenters. The minimum Gasteiger partial charge on any atom is -0.467 e. The number of methoxy groups -OCH3 is 1. The molecule has 0 aliphatic rings. The van der Waals surface area contributed by atoms with Crippen molar-refractivity contribution in [3.05, 3.63) is 29.8 Å². The van der Waals surface area contributed by atoms with Gasteiger partial charge < -0.3 is 10.1 Å². The molecule has 0 spiro atoms. The molecule has 1 aromatic carbocycles. The Hall–Kier alpha value is -1.51. The zero-order chi connectivity index (χ0) is 12.8. The van der Waals surface area contributed by atoms with Crippen molar-refractivity contribution < 1.29 is 9.53 Å². The van der Waals surface area contributed by atoms with Crippen LogP contribution in [0.2, 0.25) is 0 Å². The number of carbonyl (C=O) groups excluding carboxylic acids is 1. The van der Waals surface area contributed by atoms with E-state index in [0.29, 0.717) is 12.3 Å². The lowest BCUT2D eigenvalue weighted by molar-refractivity contribution is -0.141. The Labute approximate surface area is 103 Å². The maximum absolute atomic E-state index is 11.5. The minimum absolute atomic E-state index is 0.220. The monoisotopic (exact) mass is 235 g/mol. The SMILES string of the molecule is CCC(Nc1cccc(C(C)C)c1)C(=O)OC. The molecular weight excluding hydrogens is 214 g/mol. The summed E-state index contributed by atoms with van der Waals surface area (Å²) in [5.74, 6) is 0.261. The van der Waals surface area contributed by atoms with Crippen LogP contribution in [0.15, 0.2) is 24.3 Å². The molecule has 0 fully saturated rings. The first kappa shape index (κ1) is 13.6. The van der Waals surface area contributed by atoms with Crippen LogP contribution in [0.1, 0.15) is 38.7 Å². The number of ether oxygens (including phenoxy) is 1. The predicted molar refractivity (Wildman–Crippen MR) is 70.2 cm³/mol. The summed E-state index contributed by atoms with van der Waals surface area (Å²) in [6.45, 7) is 6.26. The molecule has 3 nitrogen and oxygen atoms in total. The van der Waals surface area contributed by atoms with Gasteiger partial charge in [-0.2, -0.15) is 0 Å². The zero-order valence-corrected chi connectivity index (χ0v) is 11.0. The van der Waals surface area contributed by atoms with E-state index in [-0.39, 0.29) is 12.0 Å². The van der Waals surface area contributed by atoms with Crippen molar-refractivity contribution in [3.63, 3.8) is 0 Å². The molecule has 17 heavy (non-hydrogen) atoms. The number of esters is 1. The fourth-order valence-corrected chi connectivity index (χ4v) is 1.66. The van der Waals surface area contributed by atoms with Gasteiger partial charge in [-0.1, -0.05) is 32.9 Å². The number of benzene rings is 1. The zero-order valence-electron chi connectivity index (χ0n) is 11.0. The first-order valence-electron chi connectivity index (χ1n) is 6.02. The lowest BCUT2D eigenvalue weighted by atomic mass is 10.0. The third kappa shape index (κ3) is 3.77. The van der Waals surface area contributed by atoms with Crippen molar-refractivity contribution in [2.24, 2.45) is 0 Å². The Morgan fingerprint density at radius 3 is 2.65 bits per heavy atom. The van der Waals surface area contributed by atoms with E-state index in [1.54, 1.807) is 0 Å². The smallest absolute Gasteiger partial charge is 0.328 e. The predicted octanol–water partition coefficient (Wildman–Crippen LogP) is 3.17. The van der Waals surface area contributed by atoms with E-state index >= 15 is 0 Å². The van der Waals surface area contributed by atoms with Gasteiger partial charge in [-0.25, -0.2) is 4.79 Å². The Balaban J connectivity index is 2.79. The molecule has 1 atom stereocenters. The largest absolute Gasteiger partial charge is 0.467 e. The summed E-state index contributed by atoms with van der Waals surface area (Å²) in [4.78, 5) is 11.5. The molecule has 0 radical (unpaired) electrons. The summed E-state index contributed by atoms with van der Waals surface area (Å²) in [6, 6.07) is 7.87. The minimum atomic E-state index is -0.276. The second kappa shape index (κ2) is 6.28. The standard InChI is InChI=1S/C14H21NO2/c1-5-13(14(16)17-4)15-12-8-6-7-11(9-12)10(2)3/h6-10,13,15H,5H2,1-4H3. The third-order valence-electron chi connectivity index (χ3n) is 2.79. The van der Waals surface area contributed by atoms with Crippen LogP contribution >= 0.6 is 0 Å². The number of anilines is 1. The number of nitrogens with one attached hydrogen (secondary N) is 1. The quantitative estimate of drug-likeness (QED) is 0.797. The summed E-state index contributed by atoms with van der Waals surface area (Å²) in [5.41, 5.74) is 2.23. The molecule has 0 aliphatic carbocycles. The molecule has 1 rings (SSSR count). The van der Waals surface area contributed by atoms with E-state index in [9.17, 15) is 4.79 Å². The molecule has 94 valence electrons. The second-order valence-electron chi connectivity index (χ2n) is 4.41. The van der Waals surface area contributed by atoms with Gasteiger partial charge in [0.15, 0.2) is 0 Å². The lowest BCUT2D eigenvalue weighted by Gasteiger charge is -2.17. The Bertz CT molecular complexity index is 374. The van der Waals surface area contributed by atoms with Gasteiger partial charge in [-0.3, -0.25) is 0 Å². The third-order valence-corrected chi connectivity index (χ3v) is 2.79. The van der Waals surface area contributed by atoms with E-state index in [0.717, 1.165) is 5.69 Å². The molecular formula is C14H21NO2. The van der Waals surface area contributed by atoms with E-state index < -0.39 is 0 Å². The van der Waals surface area contributed by atoms with Crippen LogP contribution in [0.3, 0.4) is 0 Å². The van der Waals surface area contributed by atoms with Gasteiger partial charge in [0.05, 0.1) is 7.11 Å². The van der Waals surface area contributed by atoms with Gasteiger partial charge in [0.2, 0.25) is 0 Å². The fourth-order valence-electron chi connectivity index (χ4n) is 1.66. The van der Waals surface area contributed by atoms with Crippen molar-refractivity contribution in [3.8, 4) is 0 Å². The van der Waals surface area contributed by atoms with E-state index in [1.165, 1.54) is 12.7 Å². The summed E-state index contributed by atoms with van der Waals surface area (Å²) in [7, 11) is 1.41. The molecule has 0 heterocycles. The van der Waals surface area contributed by atoms with Crippen molar-refractivity contribution in [1.82, 2.24) is 0 Å². The number of rotatable bonds is 5. The van der Waals surface area contributed by atoms with Crippen LogP contribution in [-0.2, 0) is 9.53 Å². The Kier molecular flexibility index (Phi) is 5.01. The number of hydrogen-bond acceptors (Lipinski definition) is 3. The first-order chi connectivity index (χ1) is 8.08. The molecule has 0 aromatic heterocycles. The molecule has 0 saturated carbocycles. The Morgan fingerprint density at radius 1 is 1.41 bits per heavy atom. The normalized spacial score (nSPS) is 12.3. The highest BCUT2D eigenvalue weighted by atomic mass is 16.5. The van der Waals surface area contributed by atoms with Gasteiger partial charge in [0.1, 0.15) is 6.04 Å². The summed E-state index contributed by atoms with van der Waals surface area (Å²) >= 11 is 0. The lowest BCUT2D eigenvalue weighted by Crippen LogP contribution is -2.29. The summed E-state index contributed by atoms with van der Waals surface area (Å²) in [6.07, 6.45) is 0.707. The van der Waals surface area contributed by atoms with Gasteiger partial charge in [0, 0.05) is 5.69 Å². The van der Waals surface area contributed by atoms with Crippen LogP contribution in [-0.4, -0.2) is 19.1 Å². The van der Waals surface area contributed by atoms with Crippen LogP contribution in [0.5, 0.6) is 0 Å². The summed E-state index contributed by atoms with van der Waals surface area (Å²) < 4.78 is 4.75. The maximum atomic E-state index is 11.5. The summed E-state index contributed by atoms with van der Waals surface area (Å²) in [5, 5.41) is 3.20. The van der Waals surface area contributed by atoms with Gasteiger partial charge >= 0.3 is 5.97 Å². The highest BCUT2D eigenvalue weighted by Gasteiger charge is 2.16. The Morgan fingerprint density at radius 2 is 2.12 bits per heavy atom. The highest BCUT2D eigenvalue weighted by molar-refractivity contribution is 5.79. The second-order valence-corrected chi connectivity index (χ2v) is 4.41. The molecule has 3 heteroatoms. The average molecular weight is 235 g/mol. The van der Waals surface area contributed by atoms with Crippen LogP contribution in [0, 0.1) is 0 Å². The molecule has 1 aromatic rings. The number of hydrogen-bond donors (Lipinski definition) is 1. The van der Waals surface area contributed by atoms with Crippen molar-refractivity contribution in [2.75, 3.05) is 12.4 Å². The van der Waals surface area contributed by atoms with Gasteiger partial charge in [-0.15, -0.1) is 0 Å². The van der Waals surface area contributed by atoms with E-state index in [1.807, 2.05) is 19.1 Å². The van der Waals surface area contributed by atoms with Crippen molar-refractivity contribution in [2.45, 2.75) is 39.2 Å². The topological polar surface area (TPSA) is 38.3 Å². The molecule has 1 N–H and O–H groups in total. The fraction of sp³-hybridized carbons (Fsp3) is 0.500. The van der Waals surface area contributed by atoms with Gasteiger partial charge in [0.25, 0.3) is 0 Å². The van der Waals surface area contributed by atoms with Crippen LogP contribution in [0.4, 0.5) is 5.69 Å². The average Bonchev–Trinajstić information content (AvgIpc) is 2.35. The van der Waals surface area contributed by atoms with E-state index in [2.05, 4.69) is 31.3 Å². The molecule has 0 amide bonds. The van der Waals surface area contributed by atoms with Crippen molar-refractivity contribution >= 4 is 11.7 Å². The van der Waals surface area contributed by atoms with Gasteiger partial charge in [-0.05, 0) is 30.0 Å². The van der Waals surface area contributed by atoms with Crippen molar-refractivity contribution in [1.29, 1.82) is 0 Å². The molecule has 0 bridgehead atoms. The molecule has 0 aliphatic heterocycles. The van der Waals surface area contributed by atoms with Crippen LogP contribution in [0.25, 0.3) is 0 Å². The van der Waals surface area contributed by atoms with E-state index in [4.69, 9.17) is 4.74 Å². The molecule has 0 saturated heterocycles.